The van der Waals surface area contributed by atoms with Crippen LogP contribution in [0.4, 0.5) is 5.69 Å². The van der Waals surface area contributed by atoms with E-state index in [9.17, 15) is 4.79 Å². The van der Waals surface area contributed by atoms with Gasteiger partial charge in [-0.1, -0.05) is 12.1 Å². The molecule has 0 aromatic heterocycles. The Bertz CT molecular complexity index is 515. The van der Waals surface area contributed by atoms with Crippen LogP contribution in [-0.2, 0) is 10.2 Å². The van der Waals surface area contributed by atoms with Crippen LogP contribution in [0.3, 0.4) is 0 Å². The number of carbonyl (C=O) groups is 1. The second-order valence-corrected chi connectivity index (χ2v) is 6.15. The average Bonchev–Trinajstić information content (AvgIpc) is 2.60. The molecule has 3 heteroatoms. The molecule has 2 heterocycles. The van der Waals surface area contributed by atoms with Crippen LogP contribution in [0.15, 0.2) is 18.2 Å². The summed E-state index contributed by atoms with van der Waals surface area (Å²) < 4.78 is 0. The van der Waals surface area contributed by atoms with Crippen LogP contribution >= 0.6 is 0 Å². The number of fused-ring (bicyclic) bond motifs is 2. The molecule has 1 saturated heterocycles. The Kier molecular flexibility index (Phi) is 2.90. The minimum atomic E-state index is -0.314. The van der Waals surface area contributed by atoms with Crippen molar-refractivity contribution in [3.05, 3.63) is 29.3 Å². The number of aryl methyl sites for hydroxylation is 1. The summed E-state index contributed by atoms with van der Waals surface area (Å²) in [6.45, 7) is 8.09. The van der Waals surface area contributed by atoms with Gasteiger partial charge in [-0.15, -0.1) is 0 Å². The van der Waals surface area contributed by atoms with Gasteiger partial charge < -0.3 is 10.2 Å². The first-order chi connectivity index (χ1) is 9.06. The van der Waals surface area contributed by atoms with Crippen molar-refractivity contribution in [3.63, 3.8) is 0 Å². The molecule has 0 saturated carbocycles. The molecule has 1 aromatic rings. The lowest BCUT2D eigenvalue weighted by Gasteiger charge is -2.33. The maximum atomic E-state index is 13.0. The van der Waals surface area contributed by atoms with Crippen LogP contribution in [-0.4, -0.2) is 25.0 Å². The predicted molar refractivity (Wildman–Crippen MR) is 77.6 cm³/mol. The minimum absolute atomic E-state index is 0.217. The summed E-state index contributed by atoms with van der Waals surface area (Å²) in [5.41, 5.74) is 3.26. The number of nitrogens with zero attached hydrogens (tertiary/aromatic N) is 1. The molecular formula is C16H22N2O. The van der Waals surface area contributed by atoms with Crippen molar-refractivity contribution < 1.29 is 4.79 Å². The molecule has 3 rings (SSSR count). The van der Waals surface area contributed by atoms with Crippen molar-refractivity contribution in [2.24, 2.45) is 0 Å². The van der Waals surface area contributed by atoms with Crippen molar-refractivity contribution in [2.75, 3.05) is 18.0 Å². The topological polar surface area (TPSA) is 32.3 Å². The summed E-state index contributed by atoms with van der Waals surface area (Å²) >= 11 is 0. The average molecular weight is 258 g/mol. The van der Waals surface area contributed by atoms with Crippen LogP contribution in [0.25, 0.3) is 0 Å². The lowest BCUT2D eigenvalue weighted by molar-refractivity contribution is -0.124. The second kappa shape index (κ2) is 4.34. The predicted octanol–water partition coefficient (Wildman–Crippen LogP) is 2.37. The number of carbonyl (C=O) groups excluding carboxylic acids is 1. The van der Waals surface area contributed by atoms with Gasteiger partial charge in [0, 0.05) is 18.3 Å². The summed E-state index contributed by atoms with van der Waals surface area (Å²) in [5, 5.41) is 3.42. The van der Waals surface area contributed by atoms with E-state index in [0.717, 1.165) is 31.6 Å². The number of hydrogen-bond donors (Lipinski definition) is 1. The lowest BCUT2D eigenvalue weighted by Crippen LogP contribution is -2.51. The lowest BCUT2D eigenvalue weighted by atomic mass is 9.75. The Hall–Kier alpha value is -1.35. The van der Waals surface area contributed by atoms with Gasteiger partial charge in [0.1, 0.15) is 0 Å². The zero-order valence-corrected chi connectivity index (χ0v) is 12.0. The Labute approximate surface area is 115 Å². The van der Waals surface area contributed by atoms with Crippen molar-refractivity contribution in [1.82, 2.24) is 5.32 Å². The van der Waals surface area contributed by atoms with Crippen LogP contribution < -0.4 is 10.2 Å². The highest BCUT2D eigenvalue weighted by Gasteiger charge is 2.51. The number of piperidine rings is 1. The Morgan fingerprint density at radius 1 is 1.37 bits per heavy atom. The number of benzene rings is 1. The third kappa shape index (κ3) is 1.71. The highest BCUT2D eigenvalue weighted by Crippen LogP contribution is 2.46. The molecule has 0 unspecified atom stereocenters. The van der Waals surface area contributed by atoms with Crippen molar-refractivity contribution in [3.8, 4) is 0 Å². The van der Waals surface area contributed by atoms with Gasteiger partial charge in [-0.25, -0.2) is 0 Å². The van der Waals surface area contributed by atoms with Crippen LogP contribution in [0.2, 0.25) is 0 Å². The van der Waals surface area contributed by atoms with E-state index in [4.69, 9.17) is 0 Å². The van der Waals surface area contributed by atoms with E-state index >= 15 is 0 Å². The van der Waals surface area contributed by atoms with Crippen molar-refractivity contribution in [2.45, 2.75) is 45.1 Å². The number of hydrogen-bond acceptors (Lipinski definition) is 2. The quantitative estimate of drug-likeness (QED) is 0.838. The molecular weight excluding hydrogens is 236 g/mol. The molecule has 102 valence electrons. The van der Waals surface area contributed by atoms with Gasteiger partial charge in [0.25, 0.3) is 0 Å². The summed E-state index contributed by atoms with van der Waals surface area (Å²) in [7, 11) is 0. The van der Waals surface area contributed by atoms with Gasteiger partial charge in [0.15, 0.2) is 0 Å². The second-order valence-electron chi connectivity index (χ2n) is 6.15. The monoisotopic (exact) mass is 258 g/mol. The van der Waals surface area contributed by atoms with E-state index in [2.05, 4.69) is 44.3 Å². The van der Waals surface area contributed by atoms with E-state index in [1.54, 1.807) is 0 Å². The molecule has 3 nitrogen and oxygen atoms in total. The number of nitrogens with one attached hydrogen (secondary N) is 1. The number of rotatable bonds is 1. The Morgan fingerprint density at radius 2 is 2.16 bits per heavy atom. The fraction of sp³-hybridized carbons (Fsp3) is 0.562. The third-order valence-corrected chi connectivity index (χ3v) is 4.46. The summed E-state index contributed by atoms with van der Waals surface area (Å²) in [6, 6.07) is 6.68. The van der Waals surface area contributed by atoms with Crippen molar-refractivity contribution in [1.29, 1.82) is 0 Å². The summed E-state index contributed by atoms with van der Waals surface area (Å²) in [6.07, 6.45) is 2.04. The smallest absolute Gasteiger partial charge is 0.239 e. The van der Waals surface area contributed by atoms with Gasteiger partial charge in [0.2, 0.25) is 5.91 Å². The maximum Gasteiger partial charge on any atom is 0.239 e. The zero-order chi connectivity index (χ0) is 13.6. The molecule has 1 N–H and O–H groups in total. The van der Waals surface area contributed by atoms with Gasteiger partial charge in [-0.3, -0.25) is 4.79 Å². The molecule has 0 aliphatic carbocycles. The molecule has 1 spiro atoms. The molecule has 1 aromatic carbocycles. The third-order valence-electron chi connectivity index (χ3n) is 4.46. The number of amides is 1. The SMILES string of the molecule is Cc1ccc2c(c1)N(C(C)C)C(=O)[C@]21CCCNC1. The van der Waals surface area contributed by atoms with E-state index in [1.807, 2.05) is 4.90 Å². The van der Waals surface area contributed by atoms with E-state index in [1.165, 1.54) is 11.1 Å². The summed E-state index contributed by atoms with van der Waals surface area (Å²) in [5.74, 6) is 0.287. The molecule has 2 aliphatic rings. The van der Waals surface area contributed by atoms with E-state index < -0.39 is 0 Å². The molecule has 0 radical (unpaired) electrons. The molecule has 19 heavy (non-hydrogen) atoms. The highest BCUT2D eigenvalue weighted by molar-refractivity contribution is 6.08. The van der Waals surface area contributed by atoms with Crippen LogP contribution in [0, 0.1) is 6.92 Å². The first-order valence-corrected chi connectivity index (χ1v) is 7.22. The van der Waals surface area contributed by atoms with Gasteiger partial charge >= 0.3 is 0 Å². The minimum Gasteiger partial charge on any atom is -0.315 e. The van der Waals surface area contributed by atoms with Crippen molar-refractivity contribution >= 4 is 11.6 Å². The Morgan fingerprint density at radius 3 is 2.79 bits per heavy atom. The first-order valence-electron chi connectivity index (χ1n) is 7.22. The zero-order valence-electron chi connectivity index (χ0n) is 12.0. The molecule has 0 bridgehead atoms. The maximum absolute atomic E-state index is 13.0. The molecule has 1 amide bonds. The highest BCUT2D eigenvalue weighted by atomic mass is 16.2. The molecule has 2 aliphatic heterocycles. The van der Waals surface area contributed by atoms with Crippen LogP contribution in [0.5, 0.6) is 0 Å². The van der Waals surface area contributed by atoms with Gasteiger partial charge in [-0.2, -0.15) is 0 Å². The fourth-order valence-electron chi connectivity index (χ4n) is 3.53. The largest absolute Gasteiger partial charge is 0.315 e. The van der Waals surface area contributed by atoms with E-state index in [0.29, 0.717) is 0 Å². The summed E-state index contributed by atoms with van der Waals surface area (Å²) in [4.78, 5) is 15.0. The Balaban J connectivity index is 2.17. The number of anilines is 1. The van der Waals surface area contributed by atoms with Gasteiger partial charge in [-0.05, 0) is 57.4 Å². The van der Waals surface area contributed by atoms with E-state index in [-0.39, 0.29) is 17.4 Å². The fourth-order valence-corrected chi connectivity index (χ4v) is 3.53. The molecule has 1 fully saturated rings. The van der Waals surface area contributed by atoms with Gasteiger partial charge in [0.05, 0.1) is 5.41 Å². The molecule has 1 atom stereocenters. The normalized spacial score (nSPS) is 26.3. The standard InChI is InChI=1S/C16H22N2O/c1-11(2)18-14-9-12(3)5-6-13(14)16(15(18)19)7-4-8-17-10-16/h5-6,9,11,17H,4,7-8,10H2,1-3H3/t16-/m0/s1. The van der Waals surface area contributed by atoms with Crippen LogP contribution in [0.1, 0.15) is 37.8 Å². The first kappa shape index (κ1) is 12.7.